The molecular formula is C25H23F3N4O2. The molecule has 5 rings (SSSR count). The maximum atomic E-state index is 13.2. The number of ether oxygens (including phenoxy) is 1. The number of halogens is 3. The number of likely N-dealkylation sites (tertiary alicyclic amines) is 1. The van der Waals surface area contributed by atoms with Gasteiger partial charge in [0.25, 0.3) is 5.91 Å². The third kappa shape index (κ3) is 4.59. The Kier molecular flexibility index (Phi) is 5.70. The normalized spacial score (nSPS) is 17.6. The molecule has 1 aromatic heterocycles. The number of aromatic amines is 1. The molecule has 9 heteroatoms. The maximum Gasteiger partial charge on any atom is 0.573 e. The molecule has 34 heavy (non-hydrogen) atoms. The molecule has 0 radical (unpaired) electrons. The van der Waals surface area contributed by atoms with Crippen LogP contribution in [-0.2, 0) is 0 Å². The molecule has 3 aromatic rings. The van der Waals surface area contributed by atoms with Gasteiger partial charge in [0.05, 0.1) is 11.1 Å². The summed E-state index contributed by atoms with van der Waals surface area (Å²) >= 11 is 0. The van der Waals surface area contributed by atoms with Crippen LogP contribution < -0.4 is 10.1 Å². The number of carbonyl (C=O) groups excluding carboxylic acids is 1. The van der Waals surface area contributed by atoms with Crippen LogP contribution in [0.3, 0.4) is 0 Å². The Hall–Kier alpha value is -3.51. The second-order valence-corrected chi connectivity index (χ2v) is 8.85. The number of hydrogen-bond donors (Lipinski definition) is 2. The molecule has 6 nitrogen and oxygen atoms in total. The van der Waals surface area contributed by atoms with E-state index in [4.69, 9.17) is 0 Å². The summed E-state index contributed by atoms with van der Waals surface area (Å²) in [5, 5.41) is 11.1. The van der Waals surface area contributed by atoms with Crippen molar-refractivity contribution in [3.05, 3.63) is 59.3 Å². The van der Waals surface area contributed by atoms with E-state index < -0.39 is 6.36 Å². The van der Waals surface area contributed by atoms with Gasteiger partial charge in [-0.15, -0.1) is 13.2 Å². The molecule has 1 spiro atoms. The fourth-order valence-corrected chi connectivity index (χ4v) is 4.81. The number of alkyl halides is 3. The highest BCUT2D eigenvalue weighted by Crippen LogP contribution is 2.39. The number of benzene rings is 2. The maximum absolute atomic E-state index is 13.2. The van der Waals surface area contributed by atoms with E-state index in [2.05, 4.69) is 32.1 Å². The molecule has 2 aliphatic heterocycles. The summed E-state index contributed by atoms with van der Waals surface area (Å²) in [6.45, 7) is 3.48. The zero-order valence-corrected chi connectivity index (χ0v) is 18.3. The van der Waals surface area contributed by atoms with Gasteiger partial charge in [-0.05, 0) is 74.0 Å². The number of hydrogen-bond acceptors (Lipinski definition) is 4. The second-order valence-electron chi connectivity index (χ2n) is 8.85. The molecule has 2 aliphatic rings. The Morgan fingerprint density at radius 3 is 2.68 bits per heavy atom. The van der Waals surface area contributed by atoms with Crippen LogP contribution in [0.5, 0.6) is 5.75 Å². The van der Waals surface area contributed by atoms with Crippen molar-refractivity contribution in [3.63, 3.8) is 0 Å². The van der Waals surface area contributed by atoms with E-state index in [1.807, 2.05) is 4.90 Å². The Morgan fingerprint density at radius 1 is 1.09 bits per heavy atom. The van der Waals surface area contributed by atoms with Crippen molar-refractivity contribution in [2.75, 3.05) is 26.2 Å². The van der Waals surface area contributed by atoms with Crippen LogP contribution in [0.2, 0.25) is 0 Å². The first-order valence-corrected chi connectivity index (χ1v) is 11.2. The summed E-state index contributed by atoms with van der Waals surface area (Å²) in [6, 6.07) is 11.0. The lowest BCUT2D eigenvalue weighted by Gasteiger charge is -2.33. The highest BCUT2D eigenvalue weighted by molar-refractivity contribution is 5.99. The van der Waals surface area contributed by atoms with Gasteiger partial charge >= 0.3 is 6.36 Å². The summed E-state index contributed by atoms with van der Waals surface area (Å²) in [7, 11) is 0. The van der Waals surface area contributed by atoms with Crippen LogP contribution in [0.25, 0.3) is 10.9 Å². The minimum Gasteiger partial charge on any atom is -0.404 e. The highest BCUT2D eigenvalue weighted by atomic mass is 19.4. The second kappa shape index (κ2) is 8.69. The van der Waals surface area contributed by atoms with E-state index in [1.165, 1.54) is 18.2 Å². The Balaban J connectivity index is 1.40. The number of nitrogens with one attached hydrogen (secondary N) is 2. The zero-order valence-electron chi connectivity index (χ0n) is 18.3. The van der Waals surface area contributed by atoms with Crippen molar-refractivity contribution in [3.8, 4) is 17.6 Å². The summed E-state index contributed by atoms with van der Waals surface area (Å²) < 4.78 is 42.1. The van der Waals surface area contributed by atoms with Crippen LogP contribution in [-0.4, -0.2) is 53.5 Å². The van der Waals surface area contributed by atoms with Crippen LogP contribution in [0.1, 0.15) is 40.9 Å². The van der Waals surface area contributed by atoms with Gasteiger partial charge in [-0.1, -0.05) is 18.1 Å². The predicted molar refractivity (Wildman–Crippen MR) is 120 cm³/mol. The first-order chi connectivity index (χ1) is 16.3. The van der Waals surface area contributed by atoms with Gasteiger partial charge in [0.1, 0.15) is 11.4 Å². The van der Waals surface area contributed by atoms with Gasteiger partial charge < -0.3 is 15.0 Å². The molecule has 0 unspecified atom stereocenters. The lowest BCUT2D eigenvalue weighted by molar-refractivity contribution is -0.274. The van der Waals surface area contributed by atoms with Crippen molar-refractivity contribution in [1.82, 2.24) is 20.4 Å². The number of rotatable bonds is 2. The minimum atomic E-state index is -4.81. The zero-order chi connectivity index (χ0) is 23.8. The van der Waals surface area contributed by atoms with Gasteiger partial charge in [0, 0.05) is 24.0 Å². The average Bonchev–Trinajstić information content (AvgIpc) is 3.41. The summed E-state index contributed by atoms with van der Waals surface area (Å²) in [5.74, 6) is 5.13. The van der Waals surface area contributed by atoms with Gasteiger partial charge in [-0.25, -0.2) is 0 Å². The quantitative estimate of drug-likeness (QED) is 0.557. The van der Waals surface area contributed by atoms with Gasteiger partial charge in [0.2, 0.25) is 0 Å². The van der Waals surface area contributed by atoms with Gasteiger partial charge in [-0.3, -0.25) is 9.89 Å². The molecular weight excluding hydrogens is 445 g/mol. The van der Waals surface area contributed by atoms with E-state index >= 15 is 0 Å². The average molecular weight is 468 g/mol. The van der Waals surface area contributed by atoms with Crippen LogP contribution in [0, 0.1) is 17.3 Å². The fourth-order valence-electron chi connectivity index (χ4n) is 4.81. The number of carbonyl (C=O) groups is 1. The number of H-pyrrole nitrogens is 1. The number of amides is 1. The number of fused-ring (bicyclic) bond motifs is 1. The molecule has 2 fully saturated rings. The third-order valence-electron chi connectivity index (χ3n) is 6.63. The minimum absolute atomic E-state index is 0.0265. The van der Waals surface area contributed by atoms with Crippen LogP contribution >= 0.6 is 0 Å². The van der Waals surface area contributed by atoms with E-state index in [0.717, 1.165) is 45.4 Å². The number of nitrogens with zero attached hydrogens (tertiary/aromatic N) is 2. The Labute approximate surface area is 194 Å². The Bertz CT molecular complexity index is 1280. The molecule has 1 amide bonds. The molecule has 3 heterocycles. The molecule has 0 aliphatic carbocycles. The predicted octanol–water partition coefficient (Wildman–Crippen LogP) is 4.08. The van der Waals surface area contributed by atoms with Crippen LogP contribution in [0.4, 0.5) is 13.2 Å². The number of para-hydroxylation sites is 1. The molecule has 2 aromatic carbocycles. The largest absolute Gasteiger partial charge is 0.573 e. The molecule has 2 N–H and O–H groups in total. The van der Waals surface area contributed by atoms with E-state index in [1.54, 1.807) is 24.3 Å². The van der Waals surface area contributed by atoms with E-state index in [9.17, 15) is 18.0 Å². The highest BCUT2D eigenvalue weighted by Gasteiger charge is 2.40. The SMILES string of the molecule is O=C(c1ccc2[nH]nc(C#Cc3ccccc3OC(F)(F)F)c2c1)N1CCC2(CCNCC2)C1. The smallest absolute Gasteiger partial charge is 0.404 e. The lowest BCUT2D eigenvalue weighted by Crippen LogP contribution is -2.39. The molecule has 0 saturated carbocycles. The lowest BCUT2D eigenvalue weighted by atomic mass is 9.78. The Morgan fingerprint density at radius 2 is 1.88 bits per heavy atom. The summed E-state index contributed by atoms with van der Waals surface area (Å²) in [5.41, 5.74) is 1.89. The number of piperidine rings is 1. The monoisotopic (exact) mass is 468 g/mol. The van der Waals surface area contributed by atoms with Crippen LogP contribution in [0.15, 0.2) is 42.5 Å². The van der Waals surface area contributed by atoms with Crippen molar-refractivity contribution in [2.45, 2.75) is 25.6 Å². The first-order valence-electron chi connectivity index (χ1n) is 11.2. The molecule has 0 bridgehead atoms. The molecule has 0 atom stereocenters. The summed E-state index contributed by atoms with van der Waals surface area (Å²) in [6.07, 6.45) is -1.63. The first kappa shape index (κ1) is 22.3. The van der Waals surface area contributed by atoms with Crippen molar-refractivity contribution in [1.29, 1.82) is 0 Å². The third-order valence-corrected chi connectivity index (χ3v) is 6.63. The van der Waals surface area contributed by atoms with Crippen molar-refractivity contribution < 1.29 is 22.7 Å². The van der Waals surface area contributed by atoms with E-state index in [0.29, 0.717) is 22.2 Å². The number of aromatic nitrogens is 2. The van der Waals surface area contributed by atoms with Crippen molar-refractivity contribution in [2.24, 2.45) is 5.41 Å². The summed E-state index contributed by atoms with van der Waals surface area (Å²) in [4.78, 5) is 15.1. The topological polar surface area (TPSA) is 70.2 Å². The molecule has 176 valence electrons. The van der Waals surface area contributed by atoms with Gasteiger partial charge in [-0.2, -0.15) is 5.10 Å². The van der Waals surface area contributed by atoms with Crippen molar-refractivity contribution >= 4 is 16.8 Å². The van der Waals surface area contributed by atoms with Gasteiger partial charge in [0.15, 0.2) is 0 Å². The molecule has 2 saturated heterocycles. The van der Waals surface area contributed by atoms with E-state index in [-0.39, 0.29) is 22.6 Å². The fraction of sp³-hybridized carbons (Fsp3) is 0.360. The standard InChI is InChI=1S/C25H23F3N4O2/c26-25(27,28)34-22-4-2-1-3-17(22)5-7-20-19-15-18(6-8-21(19)31-30-20)23(33)32-14-11-24(16-32)9-12-29-13-10-24/h1-4,6,8,15,29H,9-14,16H2,(H,30,31).